The molecule has 2 N–H and O–H groups in total. The van der Waals surface area contributed by atoms with Crippen molar-refractivity contribution in [3.05, 3.63) is 59.1 Å². The van der Waals surface area contributed by atoms with Crippen LogP contribution in [0.2, 0.25) is 5.02 Å². The molecule has 4 rings (SSSR count). The Bertz CT molecular complexity index is 1050. The first-order valence-electron chi connectivity index (χ1n) is 9.87. The number of halogens is 1. The average molecular weight is 432 g/mol. The molecule has 4 atom stereocenters. The van der Waals surface area contributed by atoms with E-state index in [1.807, 2.05) is 30.7 Å². The second kappa shape index (κ2) is 7.59. The Morgan fingerprint density at radius 3 is 2.63 bits per heavy atom. The van der Waals surface area contributed by atoms with Gasteiger partial charge in [0.05, 0.1) is 5.69 Å². The first-order valence-corrected chi connectivity index (χ1v) is 10.2. The van der Waals surface area contributed by atoms with Crippen molar-refractivity contribution < 1.29 is 19.7 Å². The minimum Gasteiger partial charge on any atom is -0.386 e. The van der Waals surface area contributed by atoms with Gasteiger partial charge in [-0.2, -0.15) is 0 Å². The fourth-order valence-electron chi connectivity index (χ4n) is 4.23. The molecule has 0 aliphatic carbocycles. The van der Waals surface area contributed by atoms with E-state index in [0.717, 1.165) is 16.7 Å². The minimum absolute atomic E-state index is 0.416. The Morgan fingerprint density at radius 1 is 1.27 bits per heavy atom. The van der Waals surface area contributed by atoms with Crippen LogP contribution in [-0.2, 0) is 9.47 Å². The second-order valence-corrected chi connectivity index (χ2v) is 8.93. The van der Waals surface area contributed by atoms with E-state index in [9.17, 15) is 10.2 Å². The number of fused-ring (bicyclic) bond motifs is 1. The molecule has 30 heavy (non-hydrogen) atoms. The normalized spacial score (nSPS) is 25.7. The molecular formula is C22H26ClN3O4. The summed E-state index contributed by atoms with van der Waals surface area (Å²) in [5, 5.41) is 23.0. The van der Waals surface area contributed by atoms with Crippen LogP contribution in [0.25, 0.3) is 11.0 Å². The quantitative estimate of drug-likeness (QED) is 0.595. The van der Waals surface area contributed by atoms with Gasteiger partial charge in [0.2, 0.25) is 0 Å². The first-order chi connectivity index (χ1) is 14.1. The number of benzene rings is 1. The SMILES string of the molecule is Cc1ncnc2c1ccn2C1CC(C)(OC(C)(C)O)C(C(O)c2ccc(Cl)cc2)O1. The van der Waals surface area contributed by atoms with Crippen molar-refractivity contribution in [2.24, 2.45) is 0 Å². The maximum Gasteiger partial charge on any atom is 0.160 e. The van der Waals surface area contributed by atoms with Crippen LogP contribution in [0.3, 0.4) is 0 Å². The van der Waals surface area contributed by atoms with Crippen molar-refractivity contribution in [1.82, 2.24) is 14.5 Å². The molecule has 0 bridgehead atoms. The predicted molar refractivity (Wildman–Crippen MR) is 113 cm³/mol. The summed E-state index contributed by atoms with van der Waals surface area (Å²) in [6, 6.07) is 8.91. The van der Waals surface area contributed by atoms with E-state index in [1.165, 1.54) is 6.33 Å². The Hall–Kier alpha value is -2.03. The highest BCUT2D eigenvalue weighted by Gasteiger charge is 2.52. The van der Waals surface area contributed by atoms with E-state index >= 15 is 0 Å². The molecule has 3 aromatic rings. The number of hydrogen-bond donors (Lipinski definition) is 2. The van der Waals surface area contributed by atoms with Crippen molar-refractivity contribution in [2.75, 3.05) is 0 Å². The van der Waals surface area contributed by atoms with Crippen LogP contribution >= 0.6 is 11.6 Å². The summed E-state index contributed by atoms with van der Waals surface area (Å²) in [4.78, 5) is 8.65. The van der Waals surface area contributed by atoms with Gasteiger partial charge in [0.1, 0.15) is 36.0 Å². The molecule has 1 aromatic carbocycles. The maximum atomic E-state index is 11.2. The number of hydrogen-bond acceptors (Lipinski definition) is 6. The number of aromatic nitrogens is 3. The second-order valence-electron chi connectivity index (χ2n) is 8.49. The van der Waals surface area contributed by atoms with Gasteiger partial charge in [0.15, 0.2) is 5.79 Å². The molecule has 0 saturated carbocycles. The van der Waals surface area contributed by atoms with Crippen LogP contribution in [0, 0.1) is 6.92 Å². The molecule has 160 valence electrons. The van der Waals surface area contributed by atoms with Gasteiger partial charge in [-0.3, -0.25) is 0 Å². The van der Waals surface area contributed by atoms with Crippen molar-refractivity contribution in [1.29, 1.82) is 0 Å². The molecule has 7 nitrogen and oxygen atoms in total. The van der Waals surface area contributed by atoms with Crippen molar-refractivity contribution in [2.45, 2.75) is 63.9 Å². The molecule has 2 aromatic heterocycles. The smallest absolute Gasteiger partial charge is 0.160 e. The third-order valence-electron chi connectivity index (χ3n) is 5.49. The number of aliphatic hydroxyl groups is 2. The Balaban J connectivity index is 1.71. The summed E-state index contributed by atoms with van der Waals surface area (Å²) >= 11 is 5.99. The first kappa shape index (κ1) is 21.2. The predicted octanol–water partition coefficient (Wildman–Crippen LogP) is 3.92. The zero-order chi connectivity index (χ0) is 21.7. The molecule has 4 unspecified atom stereocenters. The number of ether oxygens (including phenoxy) is 2. The summed E-state index contributed by atoms with van der Waals surface area (Å²) in [6.45, 7) is 6.91. The van der Waals surface area contributed by atoms with E-state index in [0.29, 0.717) is 17.0 Å². The third-order valence-corrected chi connectivity index (χ3v) is 5.74. The van der Waals surface area contributed by atoms with Gasteiger partial charge in [0.25, 0.3) is 0 Å². The van der Waals surface area contributed by atoms with Gasteiger partial charge in [0, 0.05) is 23.0 Å². The summed E-state index contributed by atoms with van der Waals surface area (Å²) in [7, 11) is 0. The van der Waals surface area contributed by atoms with E-state index in [-0.39, 0.29) is 0 Å². The van der Waals surface area contributed by atoms with Crippen LogP contribution in [0.5, 0.6) is 0 Å². The van der Waals surface area contributed by atoms with E-state index in [1.54, 1.807) is 38.1 Å². The molecule has 0 radical (unpaired) electrons. The van der Waals surface area contributed by atoms with Gasteiger partial charge < -0.3 is 24.3 Å². The number of nitrogens with zero attached hydrogens (tertiary/aromatic N) is 3. The van der Waals surface area contributed by atoms with E-state index < -0.39 is 29.8 Å². The maximum absolute atomic E-state index is 11.2. The van der Waals surface area contributed by atoms with Crippen molar-refractivity contribution in [3.8, 4) is 0 Å². The number of aliphatic hydroxyl groups excluding tert-OH is 1. The molecule has 0 amide bonds. The van der Waals surface area contributed by atoms with Gasteiger partial charge in [-0.05, 0) is 51.5 Å². The van der Waals surface area contributed by atoms with Crippen molar-refractivity contribution in [3.63, 3.8) is 0 Å². The van der Waals surface area contributed by atoms with E-state index in [4.69, 9.17) is 21.1 Å². The molecule has 3 heterocycles. The summed E-state index contributed by atoms with van der Waals surface area (Å²) in [6.07, 6.45) is 1.71. The zero-order valence-corrected chi connectivity index (χ0v) is 18.2. The topological polar surface area (TPSA) is 89.6 Å². The molecule has 1 fully saturated rings. The average Bonchev–Trinajstić information content (AvgIpc) is 3.22. The number of rotatable bonds is 5. The van der Waals surface area contributed by atoms with Gasteiger partial charge >= 0.3 is 0 Å². The lowest BCUT2D eigenvalue weighted by Crippen LogP contribution is -2.47. The van der Waals surface area contributed by atoms with Crippen LogP contribution in [-0.4, -0.2) is 42.2 Å². The van der Waals surface area contributed by atoms with Crippen LogP contribution < -0.4 is 0 Å². The zero-order valence-electron chi connectivity index (χ0n) is 17.4. The summed E-state index contributed by atoms with van der Waals surface area (Å²) < 4.78 is 14.3. The Labute approximate surface area is 180 Å². The fourth-order valence-corrected chi connectivity index (χ4v) is 4.36. The van der Waals surface area contributed by atoms with Crippen molar-refractivity contribution >= 4 is 22.6 Å². The summed E-state index contributed by atoms with van der Waals surface area (Å²) in [5.41, 5.74) is 1.33. The molecular weight excluding hydrogens is 406 g/mol. The molecule has 1 saturated heterocycles. The lowest BCUT2D eigenvalue weighted by molar-refractivity contribution is -0.261. The highest BCUT2D eigenvalue weighted by molar-refractivity contribution is 6.30. The van der Waals surface area contributed by atoms with Gasteiger partial charge in [-0.25, -0.2) is 9.97 Å². The monoisotopic (exact) mass is 431 g/mol. The van der Waals surface area contributed by atoms with Gasteiger partial charge in [-0.1, -0.05) is 23.7 Å². The fraction of sp³-hybridized carbons (Fsp3) is 0.455. The lowest BCUT2D eigenvalue weighted by atomic mass is 9.89. The van der Waals surface area contributed by atoms with Crippen LogP contribution in [0.1, 0.15) is 50.8 Å². The van der Waals surface area contributed by atoms with Crippen LogP contribution in [0.15, 0.2) is 42.9 Å². The van der Waals surface area contributed by atoms with E-state index in [2.05, 4.69) is 9.97 Å². The molecule has 8 heteroatoms. The third kappa shape index (κ3) is 3.96. The Morgan fingerprint density at radius 2 is 1.97 bits per heavy atom. The largest absolute Gasteiger partial charge is 0.386 e. The van der Waals surface area contributed by atoms with Crippen LogP contribution in [0.4, 0.5) is 0 Å². The standard InChI is InChI=1S/C22H26ClN3O4/c1-13-16-9-10-26(20(16)25-12-24-13)17-11-22(4,30-21(2,3)28)19(29-17)18(27)14-5-7-15(23)8-6-14/h5-10,12,17-19,27-28H,11H2,1-4H3. The highest BCUT2D eigenvalue weighted by Crippen LogP contribution is 2.46. The minimum atomic E-state index is -1.40. The number of aryl methyl sites for hydroxylation is 1. The molecule has 1 aliphatic rings. The molecule has 0 spiro atoms. The lowest BCUT2D eigenvalue weighted by Gasteiger charge is -2.37. The van der Waals surface area contributed by atoms with Gasteiger partial charge in [-0.15, -0.1) is 0 Å². The highest BCUT2D eigenvalue weighted by atomic mass is 35.5. The summed E-state index contributed by atoms with van der Waals surface area (Å²) in [5.74, 6) is -1.40. The Kier molecular flexibility index (Phi) is 5.36. The molecule has 1 aliphatic heterocycles.